The predicted molar refractivity (Wildman–Crippen MR) is 132 cm³/mol. The number of hydrogen-bond donors (Lipinski definition) is 8. The number of nitrogens with one attached hydrogen (secondary N) is 3. The number of amides is 3. The molecule has 200 valence electrons. The van der Waals surface area contributed by atoms with E-state index in [0.717, 1.165) is 0 Å². The zero-order valence-corrected chi connectivity index (χ0v) is 20.4. The lowest BCUT2D eigenvalue weighted by atomic mass is 10.0. The smallest absolute Gasteiger partial charge is 0.325 e. The molecule has 0 aliphatic rings. The summed E-state index contributed by atoms with van der Waals surface area (Å²) in [5, 5.41) is 45.2. The molecule has 0 radical (unpaired) electrons. The van der Waals surface area contributed by atoms with Gasteiger partial charge in [-0.25, -0.2) is 0 Å². The minimum absolute atomic E-state index is 0.000545. The Morgan fingerprint density at radius 3 is 1.49 bits per heavy atom. The topological polar surface area (TPSA) is 211 Å². The first-order chi connectivity index (χ1) is 17.4. The number of aromatic hydroxyl groups is 2. The fourth-order valence-electron chi connectivity index (χ4n) is 3.29. The third kappa shape index (κ3) is 9.09. The van der Waals surface area contributed by atoms with Crippen LogP contribution in [0.3, 0.4) is 0 Å². The highest BCUT2D eigenvalue weighted by Gasteiger charge is 2.30. The summed E-state index contributed by atoms with van der Waals surface area (Å²) in [6, 6.07) is 6.78. The highest BCUT2D eigenvalue weighted by atomic mass is 16.4. The molecule has 0 aliphatic heterocycles. The fourth-order valence-corrected chi connectivity index (χ4v) is 3.29. The van der Waals surface area contributed by atoms with Crippen LogP contribution < -0.4 is 21.7 Å². The molecule has 12 heteroatoms. The predicted octanol–water partition coefficient (Wildman–Crippen LogP) is -0.850. The molecule has 0 spiro atoms. The Labute approximate surface area is 213 Å². The molecule has 0 aromatic heterocycles. The molecule has 2 aromatic carbocycles. The van der Waals surface area contributed by atoms with Crippen molar-refractivity contribution >= 4 is 23.7 Å². The summed E-state index contributed by atoms with van der Waals surface area (Å²) >= 11 is 0. The number of nitrogens with two attached hydrogens (primary N) is 1. The van der Waals surface area contributed by atoms with E-state index in [4.69, 9.17) is 10.8 Å². The second kappa shape index (κ2) is 13.2. The maximum Gasteiger partial charge on any atom is 0.325 e. The van der Waals surface area contributed by atoms with Crippen LogP contribution in [0.25, 0.3) is 0 Å². The molecule has 0 saturated heterocycles. The van der Waals surface area contributed by atoms with E-state index in [-0.39, 0.29) is 24.3 Å². The monoisotopic (exact) mass is 516 g/mol. The van der Waals surface area contributed by atoms with Crippen molar-refractivity contribution in [3.8, 4) is 11.5 Å². The first kappa shape index (κ1) is 29.1. The van der Waals surface area contributed by atoms with Crippen molar-refractivity contribution in [3.63, 3.8) is 0 Å². The molecule has 0 saturated carbocycles. The first-order valence-electron chi connectivity index (χ1n) is 11.5. The standard InChI is InChI=1S/C25H32N4O8/c1-13(25(36)37)27-22(33)19(11-15-3-7-17(31)8-4-15)28-23(34)20(29-24(35)21(26)14(2)30)12-16-5-9-18(32)10-6-16/h3-10,13-14,19-21,30-32H,11-12,26H2,1-2H3,(H,27,33)(H,28,34)(H,29,35)(H,36,37)/t13-,14+,19-,20-,21-/m0/s1. The lowest BCUT2D eigenvalue weighted by Crippen LogP contribution is -2.58. The van der Waals surface area contributed by atoms with Crippen molar-refractivity contribution in [2.24, 2.45) is 5.73 Å². The summed E-state index contributed by atoms with van der Waals surface area (Å²) in [5.74, 6) is -3.60. The van der Waals surface area contributed by atoms with Gasteiger partial charge in [-0.1, -0.05) is 24.3 Å². The second-order valence-electron chi connectivity index (χ2n) is 8.70. The van der Waals surface area contributed by atoms with Crippen LogP contribution in [-0.4, -0.2) is 74.4 Å². The minimum atomic E-state index is -1.32. The highest BCUT2D eigenvalue weighted by molar-refractivity contribution is 5.94. The summed E-state index contributed by atoms with van der Waals surface area (Å²) in [6.07, 6.45) is -1.27. The lowest BCUT2D eigenvalue weighted by Gasteiger charge is -2.25. The van der Waals surface area contributed by atoms with Crippen LogP contribution in [0.15, 0.2) is 48.5 Å². The Kier molecular flexibility index (Phi) is 10.4. The number of carboxylic acids is 1. The van der Waals surface area contributed by atoms with E-state index in [1.54, 1.807) is 24.3 Å². The molecule has 3 amide bonds. The number of carbonyl (C=O) groups excluding carboxylic acids is 3. The minimum Gasteiger partial charge on any atom is -0.508 e. The van der Waals surface area contributed by atoms with Gasteiger partial charge in [0.2, 0.25) is 17.7 Å². The average molecular weight is 517 g/mol. The third-order valence-electron chi connectivity index (χ3n) is 5.57. The van der Waals surface area contributed by atoms with Crippen LogP contribution in [0.5, 0.6) is 11.5 Å². The van der Waals surface area contributed by atoms with E-state index in [9.17, 15) is 34.5 Å². The number of aliphatic hydroxyl groups is 1. The van der Waals surface area contributed by atoms with Gasteiger partial charge in [0.1, 0.15) is 35.7 Å². The van der Waals surface area contributed by atoms with Gasteiger partial charge in [-0.2, -0.15) is 0 Å². The zero-order chi connectivity index (χ0) is 27.7. The molecule has 2 aromatic rings. The van der Waals surface area contributed by atoms with E-state index < -0.39 is 54.0 Å². The molecule has 5 atom stereocenters. The Hall–Kier alpha value is -4.16. The number of carbonyl (C=O) groups is 4. The second-order valence-corrected chi connectivity index (χ2v) is 8.70. The van der Waals surface area contributed by atoms with Crippen molar-refractivity contribution in [1.29, 1.82) is 0 Å². The van der Waals surface area contributed by atoms with Crippen LogP contribution in [0.1, 0.15) is 25.0 Å². The van der Waals surface area contributed by atoms with Gasteiger partial charge in [0.25, 0.3) is 0 Å². The summed E-state index contributed by atoms with van der Waals surface area (Å²) in [7, 11) is 0. The van der Waals surface area contributed by atoms with Crippen LogP contribution in [0.4, 0.5) is 0 Å². The normalized spacial score (nSPS) is 14.9. The molecule has 0 fully saturated rings. The van der Waals surface area contributed by atoms with Crippen molar-refractivity contribution in [2.45, 2.75) is 57.0 Å². The largest absolute Gasteiger partial charge is 0.508 e. The molecular weight excluding hydrogens is 484 g/mol. The molecule has 0 aliphatic carbocycles. The van der Waals surface area contributed by atoms with Crippen LogP contribution in [0, 0.1) is 0 Å². The first-order valence-corrected chi connectivity index (χ1v) is 11.5. The van der Waals surface area contributed by atoms with E-state index in [2.05, 4.69) is 16.0 Å². The lowest BCUT2D eigenvalue weighted by molar-refractivity contribution is -0.141. The molecule has 9 N–H and O–H groups in total. The summed E-state index contributed by atoms with van der Waals surface area (Å²) in [6.45, 7) is 2.59. The van der Waals surface area contributed by atoms with Crippen molar-refractivity contribution in [3.05, 3.63) is 59.7 Å². The molecule has 2 rings (SSSR count). The number of phenolic OH excluding ortho intramolecular Hbond substituents is 2. The van der Waals surface area contributed by atoms with Crippen LogP contribution in [-0.2, 0) is 32.0 Å². The molecule has 12 nitrogen and oxygen atoms in total. The number of phenols is 2. The summed E-state index contributed by atoms with van der Waals surface area (Å²) in [4.78, 5) is 49.9. The van der Waals surface area contributed by atoms with Gasteiger partial charge >= 0.3 is 5.97 Å². The SMILES string of the molecule is C[C@H](NC(=O)[C@H](Cc1ccc(O)cc1)NC(=O)[C@H](Cc1ccc(O)cc1)NC(=O)[C@@H](N)[C@@H](C)O)C(=O)O. The Morgan fingerprint density at radius 1 is 0.730 bits per heavy atom. The number of carboxylic acid groups (broad SMARTS) is 1. The Morgan fingerprint density at radius 2 is 1.11 bits per heavy atom. The average Bonchev–Trinajstić information content (AvgIpc) is 2.84. The molecule has 0 heterocycles. The molecule has 0 bridgehead atoms. The fraction of sp³-hybridized carbons (Fsp3) is 0.360. The van der Waals surface area contributed by atoms with Crippen LogP contribution in [0.2, 0.25) is 0 Å². The van der Waals surface area contributed by atoms with E-state index in [0.29, 0.717) is 11.1 Å². The maximum absolute atomic E-state index is 13.3. The molecule has 37 heavy (non-hydrogen) atoms. The zero-order valence-electron chi connectivity index (χ0n) is 20.4. The van der Waals surface area contributed by atoms with E-state index in [1.807, 2.05) is 0 Å². The van der Waals surface area contributed by atoms with Gasteiger partial charge in [0.15, 0.2) is 0 Å². The van der Waals surface area contributed by atoms with Gasteiger partial charge in [-0.3, -0.25) is 19.2 Å². The van der Waals surface area contributed by atoms with Gasteiger partial charge in [0, 0.05) is 12.8 Å². The third-order valence-corrected chi connectivity index (χ3v) is 5.57. The van der Waals surface area contributed by atoms with Gasteiger partial charge in [-0.05, 0) is 49.2 Å². The molecular formula is C25H32N4O8. The summed E-state index contributed by atoms with van der Waals surface area (Å²) < 4.78 is 0. The quantitative estimate of drug-likeness (QED) is 0.176. The Bertz CT molecular complexity index is 1090. The van der Waals surface area contributed by atoms with Crippen molar-refractivity contribution < 1.29 is 39.6 Å². The highest BCUT2D eigenvalue weighted by Crippen LogP contribution is 2.14. The van der Waals surface area contributed by atoms with E-state index in [1.165, 1.54) is 38.1 Å². The number of rotatable bonds is 12. The van der Waals surface area contributed by atoms with Crippen molar-refractivity contribution in [1.82, 2.24) is 16.0 Å². The van der Waals surface area contributed by atoms with Gasteiger partial charge in [-0.15, -0.1) is 0 Å². The number of aliphatic hydroxyl groups excluding tert-OH is 1. The summed E-state index contributed by atoms with van der Waals surface area (Å²) in [5.41, 5.74) is 6.84. The molecule has 0 unspecified atom stereocenters. The van der Waals surface area contributed by atoms with Gasteiger partial charge < -0.3 is 42.1 Å². The Balaban J connectivity index is 2.30. The van der Waals surface area contributed by atoms with Crippen molar-refractivity contribution in [2.75, 3.05) is 0 Å². The van der Waals surface area contributed by atoms with Gasteiger partial charge in [0.05, 0.1) is 6.10 Å². The van der Waals surface area contributed by atoms with Crippen LogP contribution >= 0.6 is 0 Å². The number of hydrogen-bond acceptors (Lipinski definition) is 8. The van der Waals surface area contributed by atoms with E-state index >= 15 is 0 Å². The number of aliphatic carboxylic acids is 1. The maximum atomic E-state index is 13.3. The number of benzene rings is 2.